The van der Waals surface area contributed by atoms with Crippen LogP contribution in [0.1, 0.15) is 18.8 Å². The summed E-state index contributed by atoms with van der Waals surface area (Å²) >= 11 is 1.57. The lowest BCUT2D eigenvalue weighted by Gasteiger charge is -2.13. The Labute approximate surface area is 163 Å². The number of halogens is 1. The van der Waals surface area contributed by atoms with E-state index in [2.05, 4.69) is 25.5 Å². The zero-order valence-corrected chi connectivity index (χ0v) is 15.7. The van der Waals surface area contributed by atoms with Crippen LogP contribution in [0.5, 0.6) is 0 Å². The fourth-order valence-corrected chi connectivity index (χ4v) is 4.21. The van der Waals surface area contributed by atoms with Crippen molar-refractivity contribution in [2.45, 2.75) is 13.0 Å². The van der Waals surface area contributed by atoms with Gasteiger partial charge in [0.25, 0.3) is 0 Å². The number of benzene rings is 1. The first kappa shape index (κ1) is 16.8. The lowest BCUT2D eigenvalue weighted by Crippen LogP contribution is -2.11. The van der Waals surface area contributed by atoms with Crippen molar-refractivity contribution in [1.82, 2.24) is 24.6 Å². The number of pyridine rings is 1. The maximum absolute atomic E-state index is 13.2. The third kappa shape index (κ3) is 2.87. The molecule has 0 fully saturated rings. The van der Waals surface area contributed by atoms with Gasteiger partial charge in [-0.3, -0.25) is 4.40 Å². The molecule has 138 valence electrons. The maximum Gasteiger partial charge on any atom is 0.160 e. The summed E-state index contributed by atoms with van der Waals surface area (Å²) in [5.74, 6) is 1.29. The van der Waals surface area contributed by atoms with Crippen LogP contribution in [0.25, 0.3) is 26.3 Å². The van der Waals surface area contributed by atoms with Gasteiger partial charge < -0.3 is 5.32 Å². The first-order valence-electron chi connectivity index (χ1n) is 8.76. The smallest absolute Gasteiger partial charge is 0.160 e. The van der Waals surface area contributed by atoms with E-state index in [1.54, 1.807) is 29.8 Å². The van der Waals surface area contributed by atoms with E-state index in [0.29, 0.717) is 0 Å². The minimum absolute atomic E-state index is 0.105. The summed E-state index contributed by atoms with van der Waals surface area (Å²) in [5.41, 5.74) is 2.60. The molecule has 0 amide bonds. The van der Waals surface area contributed by atoms with Gasteiger partial charge in [-0.15, -0.1) is 21.5 Å². The topological polar surface area (TPSA) is 68.0 Å². The lowest BCUT2D eigenvalue weighted by molar-refractivity contribution is 0.628. The van der Waals surface area contributed by atoms with Crippen LogP contribution in [-0.2, 0) is 0 Å². The van der Waals surface area contributed by atoms with Gasteiger partial charge in [0.2, 0.25) is 0 Å². The number of nitrogens with one attached hydrogen (secondary N) is 1. The van der Waals surface area contributed by atoms with E-state index in [-0.39, 0.29) is 11.9 Å². The molecule has 5 aromatic rings. The zero-order valence-electron chi connectivity index (χ0n) is 14.9. The fourth-order valence-electron chi connectivity index (χ4n) is 3.14. The van der Waals surface area contributed by atoms with Gasteiger partial charge in [-0.05, 0) is 42.8 Å². The highest BCUT2D eigenvalue weighted by Gasteiger charge is 2.17. The molecule has 0 bridgehead atoms. The molecule has 4 heterocycles. The molecule has 0 aliphatic rings. The van der Waals surface area contributed by atoms with E-state index in [1.165, 1.54) is 12.1 Å². The molecule has 6 nitrogen and oxygen atoms in total. The Morgan fingerprint density at radius 3 is 2.79 bits per heavy atom. The Morgan fingerprint density at radius 2 is 1.93 bits per heavy atom. The lowest BCUT2D eigenvalue weighted by atomic mass is 10.2. The molecule has 1 atom stereocenters. The van der Waals surface area contributed by atoms with E-state index < -0.39 is 0 Å². The van der Waals surface area contributed by atoms with Crippen molar-refractivity contribution < 1.29 is 4.39 Å². The van der Waals surface area contributed by atoms with Crippen LogP contribution >= 0.6 is 11.3 Å². The van der Waals surface area contributed by atoms with E-state index in [1.807, 2.05) is 41.8 Å². The van der Waals surface area contributed by atoms with Crippen LogP contribution in [0.4, 0.5) is 10.2 Å². The van der Waals surface area contributed by atoms with Gasteiger partial charge in [-0.2, -0.15) is 0 Å². The summed E-state index contributed by atoms with van der Waals surface area (Å²) in [7, 11) is 0. The summed E-state index contributed by atoms with van der Waals surface area (Å²) in [6.07, 6.45) is 3.48. The van der Waals surface area contributed by atoms with Gasteiger partial charge in [-0.25, -0.2) is 14.4 Å². The van der Waals surface area contributed by atoms with Gasteiger partial charge in [0, 0.05) is 11.1 Å². The molecule has 0 saturated carbocycles. The van der Waals surface area contributed by atoms with Gasteiger partial charge in [0.05, 0.1) is 16.3 Å². The Balaban J connectivity index is 1.51. The number of anilines is 1. The third-order valence-electron chi connectivity index (χ3n) is 4.52. The molecule has 0 spiro atoms. The number of aromatic nitrogens is 5. The minimum Gasteiger partial charge on any atom is -0.359 e. The average molecular weight is 390 g/mol. The highest BCUT2D eigenvalue weighted by Crippen LogP contribution is 2.36. The first-order chi connectivity index (χ1) is 13.7. The Bertz CT molecular complexity index is 1280. The molecule has 4 aromatic heterocycles. The number of nitrogens with zero attached hydrogens (tertiary/aromatic N) is 5. The number of hydrogen-bond donors (Lipinski definition) is 1. The Morgan fingerprint density at radius 1 is 1.07 bits per heavy atom. The van der Waals surface area contributed by atoms with Crippen molar-refractivity contribution in [3.63, 3.8) is 0 Å². The maximum atomic E-state index is 13.2. The van der Waals surface area contributed by atoms with E-state index >= 15 is 0 Å². The molecule has 5 rings (SSSR count). The fraction of sp³-hybridized carbons (Fsp3) is 0.100. The second-order valence-electron chi connectivity index (χ2n) is 6.41. The molecule has 0 saturated heterocycles. The van der Waals surface area contributed by atoms with Crippen molar-refractivity contribution in [3.05, 3.63) is 72.7 Å². The van der Waals surface area contributed by atoms with Crippen molar-refractivity contribution in [2.75, 3.05) is 5.32 Å². The molecular weight excluding hydrogens is 375 g/mol. The highest BCUT2D eigenvalue weighted by molar-refractivity contribution is 7.22. The summed E-state index contributed by atoms with van der Waals surface area (Å²) in [6.45, 7) is 2.02. The van der Waals surface area contributed by atoms with Crippen molar-refractivity contribution in [1.29, 1.82) is 0 Å². The van der Waals surface area contributed by atoms with E-state index in [4.69, 9.17) is 0 Å². The molecule has 0 aliphatic heterocycles. The van der Waals surface area contributed by atoms with Crippen LogP contribution in [0.2, 0.25) is 0 Å². The second-order valence-corrected chi connectivity index (χ2v) is 7.46. The van der Waals surface area contributed by atoms with Crippen LogP contribution in [0.3, 0.4) is 0 Å². The number of hydrogen-bond acceptors (Lipinski definition) is 6. The quantitative estimate of drug-likeness (QED) is 0.481. The van der Waals surface area contributed by atoms with Crippen LogP contribution in [-0.4, -0.2) is 24.6 Å². The van der Waals surface area contributed by atoms with Gasteiger partial charge in [0.1, 0.15) is 18.0 Å². The first-order valence-corrected chi connectivity index (χ1v) is 9.57. The zero-order chi connectivity index (χ0) is 19.1. The highest BCUT2D eigenvalue weighted by atomic mass is 32.1. The van der Waals surface area contributed by atoms with Crippen molar-refractivity contribution in [2.24, 2.45) is 0 Å². The Hall–Kier alpha value is -3.39. The molecule has 28 heavy (non-hydrogen) atoms. The van der Waals surface area contributed by atoms with Gasteiger partial charge in [0.15, 0.2) is 11.5 Å². The minimum atomic E-state index is -0.249. The third-order valence-corrected chi connectivity index (χ3v) is 5.70. The summed E-state index contributed by atoms with van der Waals surface area (Å²) in [4.78, 5) is 9.82. The van der Waals surface area contributed by atoms with Gasteiger partial charge >= 0.3 is 0 Å². The molecule has 1 N–H and O–H groups in total. The summed E-state index contributed by atoms with van der Waals surface area (Å²) in [6, 6.07) is 14.2. The monoisotopic (exact) mass is 390 g/mol. The van der Waals surface area contributed by atoms with E-state index in [0.717, 1.165) is 37.9 Å². The molecular formula is C20H15FN6S. The normalized spacial score (nSPS) is 12.5. The number of thiophene rings is 1. The molecule has 0 aliphatic carbocycles. The van der Waals surface area contributed by atoms with Gasteiger partial charge in [-0.1, -0.05) is 18.2 Å². The summed E-state index contributed by atoms with van der Waals surface area (Å²) in [5, 5.41) is 11.9. The SMILES string of the molecule is C[C@H](Nc1ncnc2cc(-c3ccc(F)cc3)sc12)c1nnc2ccccn12. The van der Waals surface area contributed by atoms with Crippen LogP contribution in [0.15, 0.2) is 61.1 Å². The van der Waals surface area contributed by atoms with Crippen molar-refractivity contribution in [3.8, 4) is 10.4 Å². The Kier molecular flexibility index (Phi) is 3.98. The molecule has 8 heteroatoms. The van der Waals surface area contributed by atoms with E-state index in [9.17, 15) is 4.39 Å². The van der Waals surface area contributed by atoms with Crippen molar-refractivity contribution >= 4 is 33.0 Å². The predicted molar refractivity (Wildman–Crippen MR) is 108 cm³/mol. The molecule has 1 aromatic carbocycles. The largest absolute Gasteiger partial charge is 0.359 e. The van der Waals surface area contributed by atoms with Crippen LogP contribution in [0, 0.1) is 5.82 Å². The summed E-state index contributed by atoms with van der Waals surface area (Å²) < 4.78 is 16.1. The number of fused-ring (bicyclic) bond motifs is 2. The standard InChI is InChI=1S/C20H15FN6S/c1-12(20-26-25-17-4-2-3-9-27(17)20)24-19-18-15(22-11-23-19)10-16(28-18)13-5-7-14(21)8-6-13/h2-12H,1H3,(H,22,23,24)/t12-/m0/s1. The average Bonchev–Trinajstić information content (AvgIpc) is 3.33. The molecule has 0 radical (unpaired) electrons. The second kappa shape index (κ2) is 6.65. The predicted octanol–water partition coefficient (Wildman–Crippen LogP) is 4.71. The molecule has 0 unspecified atom stereocenters. The number of rotatable bonds is 4. The van der Waals surface area contributed by atoms with Crippen LogP contribution < -0.4 is 5.32 Å².